The molecule has 25 heavy (non-hydrogen) atoms. The molecule has 7 heteroatoms. The summed E-state index contributed by atoms with van der Waals surface area (Å²) in [7, 11) is 5.48. The lowest BCUT2D eigenvalue weighted by atomic mass is 10.1. The second kappa shape index (κ2) is 7.47. The van der Waals surface area contributed by atoms with Gasteiger partial charge >= 0.3 is 6.03 Å². The summed E-state index contributed by atoms with van der Waals surface area (Å²) in [5.74, 6) is 0.843. The zero-order chi connectivity index (χ0) is 18.0. The van der Waals surface area contributed by atoms with Gasteiger partial charge in [0.15, 0.2) is 5.13 Å². The molecule has 3 rings (SSSR count). The summed E-state index contributed by atoms with van der Waals surface area (Å²) in [4.78, 5) is 22.9. The van der Waals surface area contributed by atoms with E-state index in [1.54, 1.807) is 30.3 Å². The Kier molecular flexibility index (Phi) is 5.32. The minimum Gasteiger partial charge on any atom is -0.492 e. The van der Waals surface area contributed by atoms with Crippen molar-refractivity contribution in [2.24, 2.45) is 0 Å². The van der Waals surface area contributed by atoms with E-state index in [2.05, 4.69) is 11.0 Å². The van der Waals surface area contributed by atoms with Crippen LogP contribution in [-0.2, 0) is 0 Å². The Morgan fingerprint density at radius 3 is 2.92 bits per heavy atom. The van der Waals surface area contributed by atoms with Crippen LogP contribution in [0.4, 0.5) is 9.93 Å². The van der Waals surface area contributed by atoms with Crippen LogP contribution in [0, 0.1) is 0 Å². The maximum absolute atomic E-state index is 12.2. The van der Waals surface area contributed by atoms with Crippen molar-refractivity contribution in [1.82, 2.24) is 14.8 Å². The lowest BCUT2D eigenvalue weighted by Crippen LogP contribution is -2.51. The van der Waals surface area contributed by atoms with E-state index < -0.39 is 0 Å². The molecular weight excluding hydrogens is 336 g/mol. The molecule has 2 aromatic rings. The van der Waals surface area contributed by atoms with E-state index >= 15 is 0 Å². The number of likely N-dealkylation sites (N-methyl/N-ethyl adjacent to an activating group) is 1. The summed E-state index contributed by atoms with van der Waals surface area (Å²) < 4.78 is 6.84. The molecule has 2 heterocycles. The fourth-order valence-electron chi connectivity index (χ4n) is 3.24. The van der Waals surface area contributed by atoms with Crippen LogP contribution >= 0.6 is 11.3 Å². The van der Waals surface area contributed by atoms with Gasteiger partial charge < -0.3 is 19.4 Å². The molecule has 1 fully saturated rings. The highest BCUT2D eigenvalue weighted by molar-refractivity contribution is 7.22. The molecule has 2 amide bonds. The maximum Gasteiger partial charge on any atom is 0.319 e. The first-order valence-electron chi connectivity index (χ1n) is 8.72. The second-order valence-electron chi connectivity index (χ2n) is 6.56. The van der Waals surface area contributed by atoms with E-state index in [0.29, 0.717) is 6.61 Å². The number of ether oxygens (including phenoxy) is 1. The lowest BCUT2D eigenvalue weighted by molar-refractivity contribution is 0.157. The maximum atomic E-state index is 12.2. The van der Waals surface area contributed by atoms with Crippen molar-refractivity contribution in [3.63, 3.8) is 0 Å². The fourth-order valence-corrected chi connectivity index (χ4v) is 4.25. The van der Waals surface area contributed by atoms with Crippen LogP contribution < -0.4 is 9.64 Å². The summed E-state index contributed by atoms with van der Waals surface area (Å²) in [6.45, 7) is 4.41. The average molecular weight is 362 g/mol. The number of carbonyl (C=O) groups excluding carboxylic acids is 1. The van der Waals surface area contributed by atoms with Gasteiger partial charge in [0.05, 0.1) is 17.3 Å². The Morgan fingerprint density at radius 2 is 2.20 bits per heavy atom. The number of para-hydroxylation sites is 1. The van der Waals surface area contributed by atoms with E-state index in [1.807, 2.05) is 31.0 Å². The standard InChI is InChI=1S/C18H26N4O2S/c1-5-24-14-9-6-10-15-16(14)19-17(25-15)22-11-7-8-13(12-22)21(4)18(23)20(2)3/h6,9-10,13H,5,7-8,11-12H2,1-4H3. The molecule has 0 bridgehead atoms. The van der Waals surface area contributed by atoms with Crippen molar-refractivity contribution >= 4 is 32.7 Å². The van der Waals surface area contributed by atoms with Gasteiger partial charge in [-0.15, -0.1) is 0 Å². The van der Waals surface area contributed by atoms with Crippen LogP contribution in [0.1, 0.15) is 19.8 Å². The van der Waals surface area contributed by atoms with Gasteiger partial charge in [-0.25, -0.2) is 9.78 Å². The first kappa shape index (κ1) is 17.8. The van der Waals surface area contributed by atoms with Crippen LogP contribution in [-0.4, -0.2) is 67.7 Å². The summed E-state index contributed by atoms with van der Waals surface area (Å²) in [6, 6.07) is 6.33. The molecule has 0 spiro atoms. The number of amides is 2. The predicted molar refractivity (Wildman–Crippen MR) is 103 cm³/mol. The highest BCUT2D eigenvalue weighted by Gasteiger charge is 2.28. The molecule has 1 aliphatic heterocycles. The topological polar surface area (TPSA) is 48.9 Å². The van der Waals surface area contributed by atoms with Crippen LogP contribution in [0.25, 0.3) is 10.2 Å². The first-order valence-corrected chi connectivity index (χ1v) is 9.54. The number of urea groups is 1. The number of piperidine rings is 1. The van der Waals surface area contributed by atoms with Gasteiger partial charge in [0, 0.05) is 34.2 Å². The average Bonchev–Trinajstić information content (AvgIpc) is 3.06. The van der Waals surface area contributed by atoms with Gasteiger partial charge in [-0.1, -0.05) is 17.4 Å². The van der Waals surface area contributed by atoms with Crippen LogP contribution in [0.3, 0.4) is 0 Å². The number of hydrogen-bond donors (Lipinski definition) is 0. The van der Waals surface area contributed by atoms with Crippen molar-refractivity contribution in [3.05, 3.63) is 18.2 Å². The highest BCUT2D eigenvalue weighted by Crippen LogP contribution is 2.35. The van der Waals surface area contributed by atoms with Gasteiger partial charge in [0.2, 0.25) is 0 Å². The molecule has 136 valence electrons. The zero-order valence-corrected chi connectivity index (χ0v) is 16.2. The fraction of sp³-hybridized carbons (Fsp3) is 0.556. The van der Waals surface area contributed by atoms with Crippen LogP contribution in [0.15, 0.2) is 18.2 Å². The SMILES string of the molecule is CCOc1cccc2sc(N3CCCC(N(C)C(=O)N(C)C)C3)nc12. The molecule has 1 atom stereocenters. The van der Waals surface area contributed by atoms with Gasteiger partial charge in [0.25, 0.3) is 0 Å². The molecule has 0 saturated carbocycles. The number of aromatic nitrogens is 1. The molecule has 1 saturated heterocycles. The third-order valence-corrected chi connectivity index (χ3v) is 5.65. The Bertz CT molecular complexity index is 746. The van der Waals surface area contributed by atoms with Crippen LogP contribution in [0.2, 0.25) is 0 Å². The Balaban J connectivity index is 1.80. The minimum atomic E-state index is 0.0507. The Morgan fingerprint density at radius 1 is 1.40 bits per heavy atom. The van der Waals surface area contributed by atoms with Gasteiger partial charge in [0.1, 0.15) is 11.3 Å². The van der Waals surface area contributed by atoms with Crippen molar-refractivity contribution in [2.45, 2.75) is 25.8 Å². The number of anilines is 1. The molecule has 1 aromatic heterocycles. The largest absolute Gasteiger partial charge is 0.492 e. The third kappa shape index (κ3) is 3.66. The summed E-state index contributed by atoms with van der Waals surface area (Å²) >= 11 is 1.69. The Hall–Kier alpha value is -2.02. The van der Waals surface area contributed by atoms with Gasteiger partial charge in [-0.2, -0.15) is 0 Å². The molecule has 0 aliphatic carbocycles. The summed E-state index contributed by atoms with van der Waals surface area (Å²) in [6.07, 6.45) is 2.09. The number of fused-ring (bicyclic) bond motifs is 1. The van der Waals surface area contributed by atoms with Crippen molar-refractivity contribution < 1.29 is 9.53 Å². The number of rotatable bonds is 4. The minimum absolute atomic E-state index is 0.0507. The van der Waals surface area contributed by atoms with Crippen molar-refractivity contribution in [3.8, 4) is 5.75 Å². The summed E-state index contributed by atoms with van der Waals surface area (Å²) in [5.41, 5.74) is 0.934. The molecule has 6 nitrogen and oxygen atoms in total. The number of carbonyl (C=O) groups is 1. The molecule has 1 aromatic carbocycles. The molecule has 1 unspecified atom stereocenters. The molecule has 0 N–H and O–H groups in total. The number of hydrogen-bond acceptors (Lipinski definition) is 5. The lowest BCUT2D eigenvalue weighted by Gasteiger charge is -2.38. The van der Waals surface area contributed by atoms with E-state index in [1.165, 1.54) is 0 Å². The van der Waals surface area contributed by atoms with Crippen molar-refractivity contribution in [1.29, 1.82) is 0 Å². The first-order chi connectivity index (χ1) is 12.0. The highest BCUT2D eigenvalue weighted by atomic mass is 32.1. The number of benzene rings is 1. The van der Waals surface area contributed by atoms with Crippen molar-refractivity contribution in [2.75, 3.05) is 45.7 Å². The van der Waals surface area contributed by atoms with E-state index in [4.69, 9.17) is 9.72 Å². The number of thiazole rings is 1. The number of nitrogens with zero attached hydrogens (tertiary/aromatic N) is 4. The molecular formula is C18H26N4O2S. The van der Waals surface area contributed by atoms with E-state index in [0.717, 1.165) is 47.0 Å². The van der Waals surface area contributed by atoms with E-state index in [9.17, 15) is 4.79 Å². The predicted octanol–water partition coefficient (Wildman–Crippen LogP) is 3.28. The smallest absolute Gasteiger partial charge is 0.319 e. The molecule has 1 aliphatic rings. The second-order valence-corrected chi connectivity index (χ2v) is 7.57. The molecule has 0 radical (unpaired) electrons. The summed E-state index contributed by atoms with van der Waals surface area (Å²) in [5, 5.41) is 1.01. The van der Waals surface area contributed by atoms with E-state index in [-0.39, 0.29) is 12.1 Å². The van der Waals surface area contributed by atoms with Gasteiger partial charge in [-0.05, 0) is 31.9 Å². The quantitative estimate of drug-likeness (QED) is 0.837. The third-order valence-electron chi connectivity index (χ3n) is 4.57. The van der Waals surface area contributed by atoms with Gasteiger partial charge in [-0.3, -0.25) is 0 Å². The monoisotopic (exact) mass is 362 g/mol. The zero-order valence-electron chi connectivity index (χ0n) is 15.4. The van der Waals surface area contributed by atoms with Crippen LogP contribution in [0.5, 0.6) is 5.75 Å². The Labute approximate surface area is 153 Å². The normalized spacial score (nSPS) is 17.6.